The van der Waals surface area contributed by atoms with Crippen molar-refractivity contribution in [3.05, 3.63) is 0 Å². The Hall–Kier alpha value is 0.270. The van der Waals surface area contributed by atoms with Gasteiger partial charge in [-0.3, -0.25) is 0 Å². The monoisotopic (exact) mass is 178 g/mol. The molecule has 3 heteroatoms. The highest BCUT2D eigenvalue weighted by atomic mass is 32.2. The first-order valence-electron chi connectivity index (χ1n) is 4.22. The molecule has 2 nitrogen and oxygen atoms in total. The average Bonchev–Trinajstić information content (AvgIpc) is 1.87. The summed E-state index contributed by atoms with van der Waals surface area (Å²) in [6.07, 6.45) is 3.47. The standard InChI is InChI=1S/C8H18O2S/c1-3-5-7(9)11-8(10)6-4-2/h7-10H,3-6H2,1-2H3. The van der Waals surface area contributed by atoms with E-state index in [1.165, 1.54) is 11.8 Å². The molecule has 0 heterocycles. The molecule has 11 heavy (non-hydrogen) atoms. The second kappa shape index (κ2) is 6.95. The van der Waals surface area contributed by atoms with Crippen LogP contribution < -0.4 is 0 Å². The van der Waals surface area contributed by atoms with Gasteiger partial charge in [-0.05, 0) is 12.8 Å². The zero-order chi connectivity index (χ0) is 8.69. The Labute approximate surface area is 73.0 Å². The zero-order valence-corrected chi connectivity index (χ0v) is 8.10. The minimum Gasteiger partial charge on any atom is -0.382 e. The minimum atomic E-state index is -0.387. The largest absolute Gasteiger partial charge is 0.382 e. The van der Waals surface area contributed by atoms with Gasteiger partial charge in [0.1, 0.15) is 10.9 Å². The topological polar surface area (TPSA) is 40.5 Å². The molecule has 2 unspecified atom stereocenters. The number of thioether (sulfide) groups is 1. The molecule has 0 bridgehead atoms. The van der Waals surface area contributed by atoms with Crippen LogP contribution >= 0.6 is 11.8 Å². The van der Waals surface area contributed by atoms with E-state index in [-0.39, 0.29) is 10.9 Å². The number of hydrogen-bond donors (Lipinski definition) is 2. The fourth-order valence-electron chi connectivity index (χ4n) is 0.811. The van der Waals surface area contributed by atoms with Crippen LogP contribution in [0.4, 0.5) is 0 Å². The van der Waals surface area contributed by atoms with Crippen molar-refractivity contribution in [1.29, 1.82) is 0 Å². The third kappa shape index (κ3) is 6.66. The van der Waals surface area contributed by atoms with Crippen LogP contribution in [0.25, 0.3) is 0 Å². The van der Waals surface area contributed by atoms with Crippen LogP contribution in [-0.2, 0) is 0 Å². The van der Waals surface area contributed by atoms with Crippen LogP contribution in [0.2, 0.25) is 0 Å². The van der Waals surface area contributed by atoms with Crippen molar-refractivity contribution >= 4 is 11.8 Å². The fourth-order valence-corrected chi connectivity index (χ4v) is 1.92. The van der Waals surface area contributed by atoms with E-state index in [0.717, 1.165) is 25.7 Å². The lowest BCUT2D eigenvalue weighted by molar-refractivity contribution is 0.223. The molecule has 0 aromatic heterocycles. The maximum atomic E-state index is 9.25. The van der Waals surface area contributed by atoms with Crippen LogP contribution in [0.5, 0.6) is 0 Å². The Balaban J connectivity index is 3.32. The molecule has 0 saturated carbocycles. The van der Waals surface area contributed by atoms with Crippen LogP contribution in [0, 0.1) is 0 Å². The summed E-state index contributed by atoms with van der Waals surface area (Å²) in [5.74, 6) is 0. The lowest BCUT2D eigenvalue weighted by atomic mass is 10.4. The predicted octanol–water partition coefficient (Wildman–Crippen LogP) is 1.96. The molecule has 2 atom stereocenters. The molecule has 2 N–H and O–H groups in total. The first-order valence-corrected chi connectivity index (χ1v) is 5.16. The van der Waals surface area contributed by atoms with Gasteiger partial charge in [-0.2, -0.15) is 0 Å². The Morgan fingerprint density at radius 3 is 1.64 bits per heavy atom. The highest BCUT2D eigenvalue weighted by Crippen LogP contribution is 2.20. The number of aliphatic hydroxyl groups is 2. The van der Waals surface area contributed by atoms with E-state index in [2.05, 4.69) is 0 Å². The van der Waals surface area contributed by atoms with Crippen molar-refractivity contribution < 1.29 is 10.2 Å². The third-order valence-corrected chi connectivity index (χ3v) is 2.49. The van der Waals surface area contributed by atoms with Crippen molar-refractivity contribution in [3.63, 3.8) is 0 Å². The molecule has 0 fully saturated rings. The smallest absolute Gasteiger partial charge is 0.102 e. The van der Waals surface area contributed by atoms with Crippen LogP contribution in [0.3, 0.4) is 0 Å². The van der Waals surface area contributed by atoms with Crippen molar-refractivity contribution in [2.24, 2.45) is 0 Å². The van der Waals surface area contributed by atoms with Gasteiger partial charge in [0, 0.05) is 0 Å². The van der Waals surface area contributed by atoms with E-state index >= 15 is 0 Å². The lowest BCUT2D eigenvalue weighted by Gasteiger charge is -2.13. The van der Waals surface area contributed by atoms with Gasteiger partial charge in [0.15, 0.2) is 0 Å². The number of aliphatic hydroxyl groups excluding tert-OH is 2. The number of rotatable bonds is 6. The molecule has 0 aromatic carbocycles. The molecule has 0 radical (unpaired) electrons. The molecule has 0 aliphatic heterocycles. The Morgan fingerprint density at radius 1 is 1.00 bits per heavy atom. The quantitative estimate of drug-likeness (QED) is 0.611. The summed E-state index contributed by atoms with van der Waals surface area (Å²) < 4.78 is 0. The Morgan fingerprint density at radius 2 is 1.36 bits per heavy atom. The van der Waals surface area contributed by atoms with Crippen LogP contribution in [0.15, 0.2) is 0 Å². The maximum Gasteiger partial charge on any atom is 0.102 e. The molecule has 0 amide bonds. The van der Waals surface area contributed by atoms with Crippen molar-refractivity contribution in [1.82, 2.24) is 0 Å². The van der Waals surface area contributed by atoms with Gasteiger partial charge >= 0.3 is 0 Å². The molecular formula is C8H18O2S. The van der Waals surface area contributed by atoms with Gasteiger partial charge in [0.05, 0.1) is 0 Å². The lowest BCUT2D eigenvalue weighted by Crippen LogP contribution is -2.09. The van der Waals surface area contributed by atoms with Gasteiger partial charge in [0.2, 0.25) is 0 Å². The van der Waals surface area contributed by atoms with Gasteiger partial charge in [-0.25, -0.2) is 0 Å². The van der Waals surface area contributed by atoms with E-state index in [4.69, 9.17) is 0 Å². The first-order chi connectivity index (χ1) is 5.20. The molecule has 0 saturated heterocycles. The van der Waals surface area contributed by atoms with E-state index < -0.39 is 0 Å². The highest BCUT2D eigenvalue weighted by molar-refractivity contribution is 8.00. The van der Waals surface area contributed by atoms with E-state index in [1.807, 2.05) is 13.8 Å². The minimum absolute atomic E-state index is 0.387. The molecular weight excluding hydrogens is 160 g/mol. The summed E-state index contributed by atoms with van der Waals surface area (Å²) in [7, 11) is 0. The molecule has 68 valence electrons. The van der Waals surface area contributed by atoms with E-state index in [1.54, 1.807) is 0 Å². The summed E-state index contributed by atoms with van der Waals surface area (Å²) in [6.45, 7) is 4.05. The fraction of sp³-hybridized carbons (Fsp3) is 1.00. The van der Waals surface area contributed by atoms with Gasteiger partial charge < -0.3 is 10.2 Å². The van der Waals surface area contributed by atoms with Crippen molar-refractivity contribution in [2.45, 2.75) is 50.4 Å². The Kier molecular flexibility index (Phi) is 7.12. The van der Waals surface area contributed by atoms with Crippen molar-refractivity contribution in [3.8, 4) is 0 Å². The molecule has 0 aliphatic rings. The highest BCUT2D eigenvalue weighted by Gasteiger charge is 2.09. The SMILES string of the molecule is CCCC(O)SC(O)CCC. The van der Waals surface area contributed by atoms with Crippen molar-refractivity contribution in [2.75, 3.05) is 0 Å². The second-order valence-corrected chi connectivity index (χ2v) is 3.98. The van der Waals surface area contributed by atoms with Gasteiger partial charge in [0.25, 0.3) is 0 Å². The van der Waals surface area contributed by atoms with Gasteiger partial charge in [-0.1, -0.05) is 38.5 Å². The second-order valence-electron chi connectivity index (χ2n) is 2.62. The Bertz CT molecular complexity index is 78.2. The summed E-state index contributed by atoms with van der Waals surface area (Å²) in [4.78, 5) is 0. The van der Waals surface area contributed by atoms with Crippen LogP contribution in [0.1, 0.15) is 39.5 Å². The summed E-state index contributed by atoms with van der Waals surface area (Å²) in [5.41, 5.74) is -0.775. The number of hydrogen-bond acceptors (Lipinski definition) is 3. The third-order valence-electron chi connectivity index (χ3n) is 1.39. The summed E-state index contributed by atoms with van der Waals surface area (Å²) in [5, 5.41) is 18.5. The summed E-state index contributed by atoms with van der Waals surface area (Å²) in [6, 6.07) is 0. The molecule has 0 aliphatic carbocycles. The molecule has 0 aromatic rings. The molecule has 0 spiro atoms. The zero-order valence-electron chi connectivity index (χ0n) is 7.29. The van der Waals surface area contributed by atoms with Crippen LogP contribution in [-0.4, -0.2) is 21.1 Å². The van der Waals surface area contributed by atoms with E-state index in [9.17, 15) is 10.2 Å². The summed E-state index contributed by atoms with van der Waals surface area (Å²) >= 11 is 1.26. The average molecular weight is 178 g/mol. The molecule has 0 rings (SSSR count). The van der Waals surface area contributed by atoms with E-state index in [0.29, 0.717) is 0 Å². The normalized spacial score (nSPS) is 16.4. The first kappa shape index (κ1) is 11.3. The maximum absolute atomic E-state index is 9.25. The van der Waals surface area contributed by atoms with Gasteiger partial charge in [-0.15, -0.1) is 0 Å². The predicted molar refractivity (Wildman–Crippen MR) is 49.4 cm³/mol.